The van der Waals surface area contributed by atoms with Gasteiger partial charge in [0.25, 0.3) is 0 Å². The fraction of sp³-hybridized carbons (Fsp3) is 0.769. The topological polar surface area (TPSA) is 84.9 Å². The minimum Gasteiger partial charge on any atom is -0.459 e. The van der Waals surface area contributed by atoms with Crippen molar-refractivity contribution in [1.82, 2.24) is 10.2 Å². The smallest absolute Gasteiger partial charge is 0.407 e. The van der Waals surface area contributed by atoms with Crippen LogP contribution in [0.2, 0.25) is 0 Å². The second kappa shape index (κ2) is 7.72. The van der Waals surface area contributed by atoms with E-state index in [9.17, 15) is 14.4 Å². The van der Waals surface area contributed by atoms with Crippen LogP contribution >= 0.6 is 0 Å². The predicted molar refractivity (Wildman–Crippen MR) is 73.1 cm³/mol. The summed E-state index contributed by atoms with van der Waals surface area (Å²) in [4.78, 5) is 35.6. The standard InChI is InChI=1S/C13H24N2O5/c1-7-19-11(17)10(16)15(6)8-9(2)14-12(18)20-13(3,4)5/h9H,7-8H2,1-6H3,(H,14,18)/t9-/m0/s1. The average molecular weight is 288 g/mol. The van der Waals surface area contributed by atoms with Crippen LogP contribution in [0, 0.1) is 0 Å². The molecule has 0 aromatic rings. The molecule has 0 aromatic heterocycles. The van der Waals surface area contributed by atoms with E-state index in [0.29, 0.717) is 0 Å². The molecule has 0 aromatic carbocycles. The maximum atomic E-state index is 11.6. The molecular weight excluding hydrogens is 264 g/mol. The van der Waals surface area contributed by atoms with Gasteiger partial charge in [0.05, 0.1) is 6.61 Å². The van der Waals surface area contributed by atoms with Gasteiger partial charge in [0.15, 0.2) is 0 Å². The first kappa shape index (κ1) is 18.2. The summed E-state index contributed by atoms with van der Waals surface area (Å²) in [5.41, 5.74) is -0.587. The highest BCUT2D eigenvalue weighted by Crippen LogP contribution is 2.06. The normalized spacial score (nSPS) is 12.3. The summed E-state index contributed by atoms with van der Waals surface area (Å²) in [7, 11) is 1.46. The molecular formula is C13H24N2O5. The van der Waals surface area contributed by atoms with Crippen LogP contribution in [0.15, 0.2) is 0 Å². The summed E-state index contributed by atoms with van der Waals surface area (Å²) in [5, 5.41) is 2.59. The number of rotatable bonds is 4. The largest absolute Gasteiger partial charge is 0.459 e. The van der Waals surface area contributed by atoms with Crippen LogP contribution in [0.5, 0.6) is 0 Å². The molecule has 2 amide bonds. The van der Waals surface area contributed by atoms with E-state index in [0.717, 1.165) is 0 Å². The van der Waals surface area contributed by atoms with Crippen molar-refractivity contribution < 1.29 is 23.9 Å². The second-order valence-corrected chi connectivity index (χ2v) is 5.45. The van der Waals surface area contributed by atoms with Crippen molar-refractivity contribution in [2.75, 3.05) is 20.2 Å². The van der Waals surface area contributed by atoms with Crippen molar-refractivity contribution in [3.63, 3.8) is 0 Å². The molecule has 1 N–H and O–H groups in total. The zero-order valence-electron chi connectivity index (χ0n) is 13.0. The molecule has 0 aliphatic carbocycles. The fourth-order valence-corrected chi connectivity index (χ4v) is 1.40. The number of hydrogen-bond donors (Lipinski definition) is 1. The number of amides is 2. The van der Waals surface area contributed by atoms with Gasteiger partial charge >= 0.3 is 18.0 Å². The van der Waals surface area contributed by atoms with E-state index in [1.165, 1.54) is 11.9 Å². The Morgan fingerprint density at radius 3 is 2.25 bits per heavy atom. The highest BCUT2D eigenvalue weighted by atomic mass is 16.6. The molecule has 0 saturated carbocycles. The molecule has 20 heavy (non-hydrogen) atoms. The third-order valence-electron chi connectivity index (χ3n) is 2.11. The van der Waals surface area contributed by atoms with Crippen LogP contribution in [0.1, 0.15) is 34.6 Å². The number of nitrogens with zero attached hydrogens (tertiary/aromatic N) is 1. The Balaban J connectivity index is 4.26. The van der Waals surface area contributed by atoms with E-state index in [4.69, 9.17) is 4.74 Å². The minimum atomic E-state index is -0.903. The van der Waals surface area contributed by atoms with E-state index in [1.807, 2.05) is 0 Å². The van der Waals surface area contributed by atoms with Crippen LogP contribution in [0.25, 0.3) is 0 Å². The monoisotopic (exact) mass is 288 g/mol. The third-order valence-corrected chi connectivity index (χ3v) is 2.11. The number of carbonyl (C=O) groups excluding carboxylic acids is 3. The Kier molecular flexibility index (Phi) is 7.02. The van der Waals surface area contributed by atoms with Gasteiger partial charge in [0.2, 0.25) is 0 Å². The molecule has 7 heteroatoms. The van der Waals surface area contributed by atoms with Crippen molar-refractivity contribution in [1.29, 1.82) is 0 Å². The Hall–Kier alpha value is -1.79. The Morgan fingerprint density at radius 1 is 1.25 bits per heavy atom. The lowest BCUT2D eigenvalue weighted by Gasteiger charge is -2.24. The molecule has 0 rings (SSSR count). The molecule has 0 radical (unpaired) electrons. The fourth-order valence-electron chi connectivity index (χ4n) is 1.40. The van der Waals surface area contributed by atoms with Gasteiger partial charge in [-0.1, -0.05) is 0 Å². The van der Waals surface area contributed by atoms with Gasteiger partial charge < -0.3 is 19.7 Å². The van der Waals surface area contributed by atoms with Gasteiger partial charge in [0, 0.05) is 19.6 Å². The van der Waals surface area contributed by atoms with Crippen molar-refractivity contribution >= 4 is 18.0 Å². The first-order valence-corrected chi connectivity index (χ1v) is 6.48. The summed E-state index contributed by atoms with van der Waals surface area (Å²) >= 11 is 0. The van der Waals surface area contributed by atoms with Crippen LogP contribution in [-0.4, -0.2) is 54.7 Å². The third kappa shape index (κ3) is 7.60. The highest BCUT2D eigenvalue weighted by Gasteiger charge is 2.23. The van der Waals surface area contributed by atoms with Crippen LogP contribution in [0.3, 0.4) is 0 Å². The van der Waals surface area contributed by atoms with Crippen molar-refractivity contribution in [3.05, 3.63) is 0 Å². The molecule has 0 aliphatic heterocycles. The number of ether oxygens (including phenoxy) is 2. The van der Waals surface area contributed by atoms with Crippen LogP contribution in [-0.2, 0) is 19.1 Å². The summed E-state index contributed by atoms with van der Waals surface area (Å²) in [6.45, 7) is 8.92. The quantitative estimate of drug-likeness (QED) is 0.614. The van der Waals surface area contributed by atoms with Gasteiger partial charge in [0.1, 0.15) is 5.60 Å². The Morgan fingerprint density at radius 2 is 1.80 bits per heavy atom. The van der Waals surface area contributed by atoms with Gasteiger partial charge in [-0.25, -0.2) is 9.59 Å². The molecule has 0 fully saturated rings. The number of nitrogens with one attached hydrogen (secondary N) is 1. The molecule has 0 spiro atoms. The van der Waals surface area contributed by atoms with Gasteiger partial charge in [-0.15, -0.1) is 0 Å². The summed E-state index contributed by atoms with van der Waals surface area (Å²) in [5.74, 6) is -1.65. The zero-order valence-corrected chi connectivity index (χ0v) is 13.0. The zero-order chi connectivity index (χ0) is 15.9. The van der Waals surface area contributed by atoms with Crippen molar-refractivity contribution in [3.8, 4) is 0 Å². The number of carbonyl (C=O) groups is 3. The van der Waals surface area contributed by atoms with E-state index in [1.54, 1.807) is 34.6 Å². The first-order valence-electron chi connectivity index (χ1n) is 6.48. The van der Waals surface area contributed by atoms with Crippen LogP contribution in [0.4, 0.5) is 4.79 Å². The van der Waals surface area contributed by atoms with E-state index < -0.39 is 23.6 Å². The lowest BCUT2D eigenvalue weighted by molar-refractivity contribution is -0.159. The molecule has 7 nitrogen and oxygen atoms in total. The number of likely N-dealkylation sites (N-methyl/N-ethyl adjacent to an activating group) is 1. The number of esters is 1. The van der Waals surface area contributed by atoms with Gasteiger partial charge in [-0.3, -0.25) is 4.79 Å². The first-order chi connectivity index (χ1) is 9.06. The molecule has 0 unspecified atom stereocenters. The summed E-state index contributed by atoms with van der Waals surface area (Å²) in [6.07, 6.45) is -0.568. The lowest BCUT2D eigenvalue weighted by Crippen LogP contribution is -2.46. The predicted octanol–water partition coefficient (Wildman–Crippen LogP) is 0.921. The molecule has 116 valence electrons. The number of alkyl carbamates (subject to hydrolysis) is 1. The van der Waals surface area contributed by atoms with E-state index in [-0.39, 0.29) is 19.2 Å². The average Bonchev–Trinajstić information content (AvgIpc) is 2.24. The van der Waals surface area contributed by atoms with Gasteiger partial charge in [-0.2, -0.15) is 0 Å². The lowest BCUT2D eigenvalue weighted by atomic mass is 10.2. The Labute approximate surface area is 119 Å². The molecule has 0 aliphatic rings. The van der Waals surface area contributed by atoms with Crippen molar-refractivity contribution in [2.24, 2.45) is 0 Å². The minimum absolute atomic E-state index is 0.143. The summed E-state index contributed by atoms with van der Waals surface area (Å²) < 4.78 is 9.70. The second-order valence-electron chi connectivity index (χ2n) is 5.45. The van der Waals surface area contributed by atoms with E-state index in [2.05, 4.69) is 10.1 Å². The summed E-state index contributed by atoms with van der Waals surface area (Å²) in [6, 6.07) is -0.353. The van der Waals surface area contributed by atoms with Crippen molar-refractivity contribution in [2.45, 2.75) is 46.3 Å². The molecule has 1 atom stereocenters. The highest BCUT2D eigenvalue weighted by molar-refractivity contribution is 6.32. The molecule has 0 bridgehead atoms. The SMILES string of the molecule is CCOC(=O)C(=O)N(C)C[C@H](C)NC(=O)OC(C)(C)C. The molecule has 0 heterocycles. The van der Waals surface area contributed by atoms with Gasteiger partial charge in [-0.05, 0) is 34.6 Å². The maximum absolute atomic E-state index is 11.6. The van der Waals surface area contributed by atoms with Crippen LogP contribution < -0.4 is 5.32 Å². The molecule has 0 saturated heterocycles. The maximum Gasteiger partial charge on any atom is 0.407 e. The van der Waals surface area contributed by atoms with E-state index >= 15 is 0 Å². The Bertz CT molecular complexity index is 362. The number of hydrogen-bond acceptors (Lipinski definition) is 5.